The van der Waals surface area contributed by atoms with Crippen molar-refractivity contribution in [2.45, 2.75) is 12.7 Å². The van der Waals surface area contributed by atoms with E-state index in [1.165, 1.54) is 12.4 Å². The second kappa shape index (κ2) is 5.45. The molecule has 0 aliphatic heterocycles. The number of imidazole rings is 1. The molecule has 0 saturated carbocycles. The number of halogens is 4. The van der Waals surface area contributed by atoms with Crippen LogP contribution in [0, 0.1) is 0 Å². The average molecular weight is 328 g/mol. The first-order valence-electron chi connectivity index (χ1n) is 6.20. The van der Waals surface area contributed by atoms with Crippen molar-refractivity contribution in [3.63, 3.8) is 0 Å². The van der Waals surface area contributed by atoms with Crippen LogP contribution in [0.3, 0.4) is 0 Å². The maximum absolute atomic E-state index is 12.7. The smallest absolute Gasteiger partial charge is 0.364 e. The number of aromatic amines is 1. The van der Waals surface area contributed by atoms with E-state index in [0.29, 0.717) is 22.5 Å². The van der Waals surface area contributed by atoms with Crippen LogP contribution < -0.4 is 5.32 Å². The first kappa shape index (κ1) is 14.6. The zero-order chi connectivity index (χ0) is 15.7. The summed E-state index contributed by atoms with van der Waals surface area (Å²) in [6.07, 6.45) is -2.94. The lowest BCUT2D eigenvalue weighted by Crippen LogP contribution is -2.07. The van der Waals surface area contributed by atoms with Gasteiger partial charge in [-0.15, -0.1) is 0 Å². The predicted octanol–water partition coefficient (Wildman–Crippen LogP) is 3.64. The summed E-state index contributed by atoms with van der Waals surface area (Å²) < 4.78 is 38.0. The van der Waals surface area contributed by atoms with Crippen molar-refractivity contribution in [1.82, 2.24) is 19.9 Å². The maximum atomic E-state index is 12.7. The van der Waals surface area contributed by atoms with Gasteiger partial charge in [0.2, 0.25) is 5.28 Å². The van der Waals surface area contributed by atoms with Gasteiger partial charge in [0.1, 0.15) is 5.52 Å². The van der Waals surface area contributed by atoms with Gasteiger partial charge in [0.05, 0.1) is 11.9 Å². The van der Waals surface area contributed by atoms with E-state index in [9.17, 15) is 13.2 Å². The molecule has 2 heterocycles. The highest BCUT2D eigenvalue weighted by molar-refractivity contribution is 6.28. The normalized spacial score (nSPS) is 11.8. The molecule has 2 aromatic heterocycles. The number of anilines is 1. The Kier molecular flexibility index (Phi) is 3.61. The quantitative estimate of drug-likeness (QED) is 0.721. The molecular formula is C13H9ClF3N5. The van der Waals surface area contributed by atoms with Crippen LogP contribution >= 0.6 is 11.6 Å². The molecule has 1 aromatic carbocycles. The van der Waals surface area contributed by atoms with Crippen LogP contribution in [-0.4, -0.2) is 19.9 Å². The van der Waals surface area contributed by atoms with Crippen LogP contribution in [-0.2, 0) is 12.7 Å². The van der Waals surface area contributed by atoms with E-state index in [2.05, 4.69) is 25.3 Å². The average Bonchev–Trinajstić information content (AvgIpc) is 2.92. The van der Waals surface area contributed by atoms with Crippen molar-refractivity contribution in [2.75, 3.05) is 5.32 Å². The second-order valence-electron chi connectivity index (χ2n) is 4.49. The van der Waals surface area contributed by atoms with Crippen LogP contribution in [0.4, 0.5) is 19.0 Å². The number of benzene rings is 1. The monoisotopic (exact) mass is 327 g/mol. The number of H-pyrrole nitrogens is 1. The third-order valence-electron chi connectivity index (χ3n) is 2.97. The zero-order valence-electron chi connectivity index (χ0n) is 10.9. The summed E-state index contributed by atoms with van der Waals surface area (Å²) in [6.45, 7) is 0.152. The Morgan fingerprint density at radius 1 is 1.23 bits per heavy atom. The summed E-state index contributed by atoms with van der Waals surface area (Å²) in [6, 6.07) is 5.05. The summed E-state index contributed by atoms with van der Waals surface area (Å²) in [5.41, 5.74) is 0.689. The molecule has 0 spiro atoms. The summed E-state index contributed by atoms with van der Waals surface area (Å²) in [5.74, 6) is 0.355. The van der Waals surface area contributed by atoms with E-state index >= 15 is 0 Å². The van der Waals surface area contributed by atoms with Gasteiger partial charge < -0.3 is 10.3 Å². The summed E-state index contributed by atoms with van der Waals surface area (Å²) in [7, 11) is 0. The highest BCUT2D eigenvalue weighted by Gasteiger charge is 2.30. The molecule has 3 aromatic rings. The molecule has 0 bridgehead atoms. The third kappa shape index (κ3) is 2.96. The van der Waals surface area contributed by atoms with Crippen molar-refractivity contribution in [3.05, 3.63) is 47.0 Å². The fraction of sp³-hybridized carbons (Fsp3) is 0.154. The molecule has 0 radical (unpaired) electrons. The van der Waals surface area contributed by atoms with Crippen molar-refractivity contribution < 1.29 is 13.2 Å². The molecule has 114 valence electrons. The van der Waals surface area contributed by atoms with Gasteiger partial charge >= 0.3 is 6.18 Å². The molecule has 0 saturated heterocycles. The highest BCUT2D eigenvalue weighted by Crippen LogP contribution is 2.29. The minimum Gasteiger partial charge on any atom is -0.364 e. The van der Waals surface area contributed by atoms with Gasteiger partial charge in [-0.05, 0) is 29.3 Å². The van der Waals surface area contributed by atoms with Crippen LogP contribution in [0.15, 0.2) is 30.6 Å². The molecular weight excluding hydrogens is 319 g/mol. The SMILES string of the molecule is FC(F)(F)c1cccc(CNc2nc(Cl)nc3[nH]cnc23)c1. The van der Waals surface area contributed by atoms with Gasteiger partial charge in [-0.1, -0.05) is 12.1 Å². The van der Waals surface area contributed by atoms with Gasteiger partial charge in [-0.3, -0.25) is 0 Å². The van der Waals surface area contributed by atoms with E-state index in [-0.39, 0.29) is 11.8 Å². The Labute approximate surface area is 127 Å². The van der Waals surface area contributed by atoms with Crippen LogP contribution in [0.2, 0.25) is 5.28 Å². The molecule has 0 aliphatic carbocycles. The number of nitrogens with zero attached hydrogens (tertiary/aromatic N) is 3. The lowest BCUT2D eigenvalue weighted by atomic mass is 10.1. The minimum atomic E-state index is -4.37. The molecule has 22 heavy (non-hydrogen) atoms. The van der Waals surface area contributed by atoms with E-state index in [1.54, 1.807) is 6.07 Å². The summed E-state index contributed by atoms with van der Waals surface area (Å²) >= 11 is 5.79. The van der Waals surface area contributed by atoms with Gasteiger partial charge in [0, 0.05) is 6.54 Å². The van der Waals surface area contributed by atoms with Crippen molar-refractivity contribution >= 4 is 28.6 Å². The lowest BCUT2D eigenvalue weighted by molar-refractivity contribution is -0.137. The van der Waals surface area contributed by atoms with Crippen LogP contribution in [0.1, 0.15) is 11.1 Å². The minimum absolute atomic E-state index is 0.0169. The number of hydrogen-bond donors (Lipinski definition) is 2. The Balaban J connectivity index is 1.84. The van der Waals surface area contributed by atoms with Crippen molar-refractivity contribution in [1.29, 1.82) is 0 Å². The number of aromatic nitrogens is 4. The van der Waals surface area contributed by atoms with Crippen LogP contribution in [0.5, 0.6) is 0 Å². The van der Waals surface area contributed by atoms with Crippen molar-refractivity contribution in [3.8, 4) is 0 Å². The first-order valence-corrected chi connectivity index (χ1v) is 6.58. The lowest BCUT2D eigenvalue weighted by Gasteiger charge is -2.10. The largest absolute Gasteiger partial charge is 0.416 e. The van der Waals surface area contributed by atoms with Gasteiger partial charge in [-0.25, -0.2) is 4.98 Å². The van der Waals surface area contributed by atoms with Crippen molar-refractivity contribution in [2.24, 2.45) is 0 Å². The standard InChI is InChI=1S/C13H9ClF3N5/c14-12-21-10(9-11(22-12)20-6-19-9)18-5-7-2-1-3-8(4-7)13(15,16)17/h1-4,6H,5H2,(H2,18,19,20,21,22). The molecule has 3 rings (SSSR count). The number of nitrogens with one attached hydrogen (secondary N) is 2. The van der Waals surface area contributed by atoms with E-state index in [0.717, 1.165) is 12.1 Å². The van der Waals surface area contributed by atoms with Crippen LogP contribution in [0.25, 0.3) is 11.2 Å². The fourth-order valence-corrected chi connectivity index (χ4v) is 2.14. The third-order valence-corrected chi connectivity index (χ3v) is 3.13. The van der Waals surface area contributed by atoms with E-state index in [1.807, 2.05) is 0 Å². The predicted molar refractivity (Wildman–Crippen MR) is 75.5 cm³/mol. The van der Waals surface area contributed by atoms with E-state index < -0.39 is 11.7 Å². The van der Waals surface area contributed by atoms with Gasteiger partial charge in [0.25, 0.3) is 0 Å². The highest BCUT2D eigenvalue weighted by atomic mass is 35.5. The Bertz CT molecular complexity index is 815. The fourth-order valence-electron chi connectivity index (χ4n) is 1.98. The van der Waals surface area contributed by atoms with Gasteiger partial charge in [0.15, 0.2) is 11.5 Å². The van der Waals surface area contributed by atoms with Gasteiger partial charge in [-0.2, -0.15) is 23.1 Å². The zero-order valence-corrected chi connectivity index (χ0v) is 11.7. The Hall–Kier alpha value is -2.35. The number of alkyl halides is 3. The molecule has 0 aliphatic rings. The number of rotatable bonds is 3. The first-order chi connectivity index (χ1) is 10.4. The molecule has 5 nitrogen and oxygen atoms in total. The topological polar surface area (TPSA) is 66.5 Å². The molecule has 0 unspecified atom stereocenters. The Morgan fingerprint density at radius 3 is 2.82 bits per heavy atom. The maximum Gasteiger partial charge on any atom is 0.416 e. The molecule has 0 amide bonds. The Morgan fingerprint density at radius 2 is 2.05 bits per heavy atom. The summed E-state index contributed by atoms with van der Waals surface area (Å²) in [5, 5.41) is 2.94. The molecule has 9 heteroatoms. The molecule has 0 fully saturated rings. The molecule has 0 atom stereocenters. The molecule has 2 N–H and O–H groups in total. The summed E-state index contributed by atoms with van der Waals surface area (Å²) in [4.78, 5) is 14.8. The van der Waals surface area contributed by atoms with E-state index in [4.69, 9.17) is 11.6 Å². The number of fused-ring (bicyclic) bond motifs is 1. The second-order valence-corrected chi connectivity index (χ2v) is 4.83. The number of hydrogen-bond acceptors (Lipinski definition) is 4.